The van der Waals surface area contributed by atoms with Crippen LogP contribution in [0.5, 0.6) is 0 Å². The Bertz CT molecular complexity index is 3970. The number of nitrogens with two attached hydrogens (primary N) is 1. The number of aliphatic carboxylic acids is 1. The lowest BCUT2D eigenvalue weighted by molar-refractivity contribution is -0.142. The van der Waals surface area contributed by atoms with Gasteiger partial charge in [-0.3, -0.25) is 38.7 Å². The van der Waals surface area contributed by atoms with Gasteiger partial charge in [0.25, 0.3) is 0 Å². The van der Waals surface area contributed by atoms with E-state index in [2.05, 4.69) is 265 Å². The number of carbonyl (C=O) groups excluding carboxylic acids is 6. The number of aliphatic hydroxyl groups excluding tert-OH is 5. The molecule has 0 bridgehead atoms. The van der Waals surface area contributed by atoms with E-state index >= 15 is 0 Å². The SMILES string of the molecule is CC/C=C\C/C=C\C/C=C\C/C=C\C/C=C\C/C=C\CCC(=O)NCCSSC(C)(C)[C@@H](CO)CC(=O)c1cccnc1.CC/C=C\C/C=C\C/C=C\C/C=C\C/C=C\C/C=C\CCC(=O)NCCSSC(C)(C)[C@@H](COC(=O)NC(CO)CO)CC(=O)c1cccnc1.CC/C=C\C/C=C\C/C=C\C/C=C\C/C=C\C/C=C\CCC(=O)NCCSSC(C)(C)[C@H](C)C(=O)O.NC(CO)CO. The maximum Gasteiger partial charge on any atom is 0.407 e. The van der Waals surface area contributed by atoms with Crippen LogP contribution in [0, 0.1) is 17.8 Å². The van der Waals surface area contributed by atoms with Crippen LogP contribution >= 0.6 is 64.8 Å². The molecule has 758 valence electrons. The number of hydrogen-bond acceptors (Lipinski definition) is 22. The van der Waals surface area contributed by atoms with Crippen molar-refractivity contribution in [2.24, 2.45) is 23.5 Å². The minimum Gasteiger partial charge on any atom is -0.481 e. The van der Waals surface area contributed by atoms with Gasteiger partial charge in [-0.15, -0.1) is 0 Å². The second kappa shape index (κ2) is 93.3. The highest BCUT2D eigenvalue weighted by Gasteiger charge is 2.36. The molecular weight excluding hydrogens is 1820 g/mol. The van der Waals surface area contributed by atoms with Crippen LogP contribution in [-0.2, 0) is 23.9 Å². The van der Waals surface area contributed by atoms with Crippen LogP contribution < -0.4 is 27.0 Å². The zero-order valence-electron chi connectivity index (χ0n) is 83.0. The van der Waals surface area contributed by atoms with E-state index in [0.717, 1.165) is 140 Å². The number of Topliss-reactive ketones (excluding diaryl/α,β-unsaturated/α-hetero) is 2. The highest BCUT2D eigenvalue weighted by Crippen LogP contribution is 2.44. The quantitative estimate of drug-likeness (QED) is 0.0127. The number of ether oxygens (including phenoxy) is 1. The lowest BCUT2D eigenvalue weighted by atomic mass is 9.89. The van der Waals surface area contributed by atoms with Crippen LogP contribution in [0.15, 0.2) is 268 Å². The zero-order chi connectivity index (χ0) is 101. The Morgan fingerprint density at radius 1 is 0.382 bits per heavy atom. The Morgan fingerprint density at radius 3 is 0.890 bits per heavy atom. The van der Waals surface area contributed by atoms with Gasteiger partial charge in [0.2, 0.25) is 17.7 Å². The van der Waals surface area contributed by atoms with Crippen molar-refractivity contribution in [1.82, 2.24) is 31.2 Å². The summed E-state index contributed by atoms with van der Waals surface area (Å²) in [5.41, 5.74) is 6.02. The number of alkyl carbamates (subject to hydrolysis) is 1. The summed E-state index contributed by atoms with van der Waals surface area (Å²) in [6.07, 6.45) is 105. The summed E-state index contributed by atoms with van der Waals surface area (Å²) in [7, 11) is 9.62. The first-order valence-electron chi connectivity index (χ1n) is 48.0. The van der Waals surface area contributed by atoms with E-state index in [0.29, 0.717) is 62.2 Å². The predicted molar refractivity (Wildman–Crippen MR) is 586 cm³/mol. The molecule has 4 amide bonds. The number of hydrogen-bond donors (Lipinski definition) is 11. The van der Waals surface area contributed by atoms with Gasteiger partial charge >= 0.3 is 12.1 Å². The number of carboxylic acid groups (broad SMARTS) is 1. The molecule has 2 aromatic heterocycles. The van der Waals surface area contributed by atoms with Gasteiger partial charge in [0.1, 0.15) is 0 Å². The van der Waals surface area contributed by atoms with Crippen molar-refractivity contribution in [2.75, 3.05) is 76.5 Å². The largest absolute Gasteiger partial charge is 0.481 e. The van der Waals surface area contributed by atoms with Crippen molar-refractivity contribution < 1.29 is 68.9 Å². The van der Waals surface area contributed by atoms with Gasteiger partial charge in [0, 0.05) is 138 Å². The minimum absolute atomic E-state index is 0.00260. The monoisotopic (exact) mass is 1990 g/mol. The van der Waals surface area contributed by atoms with Gasteiger partial charge in [0.15, 0.2) is 11.6 Å². The van der Waals surface area contributed by atoms with Crippen molar-refractivity contribution in [2.45, 2.75) is 263 Å². The molecule has 2 rings (SSSR count). The molecule has 21 nitrogen and oxygen atoms in total. The topological polar surface area (TPSA) is 350 Å². The molecule has 2 aromatic rings. The fraction of sp³-hybridized carbons (Fsp3) is 0.514. The van der Waals surface area contributed by atoms with Crippen molar-refractivity contribution in [3.63, 3.8) is 0 Å². The van der Waals surface area contributed by atoms with Gasteiger partial charge in [0.05, 0.1) is 51.0 Å². The molecule has 12 N–H and O–H groups in total. The molecular formula is C109H167N7O14S6. The number of amides is 4. The maximum absolute atomic E-state index is 13.0. The maximum atomic E-state index is 13.0. The van der Waals surface area contributed by atoms with Crippen molar-refractivity contribution >= 4 is 106 Å². The summed E-state index contributed by atoms with van der Waals surface area (Å²) in [4.78, 5) is 93.3. The number of aromatic nitrogens is 2. The van der Waals surface area contributed by atoms with Gasteiger partial charge in [-0.25, -0.2) is 4.79 Å². The highest BCUT2D eigenvalue weighted by molar-refractivity contribution is 8.77. The molecule has 2 heterocycles. The van der Waals surface area contributed by atoms with Gasteiger partial charge < -0.3 is 62.4 Å². The average molecular weight is 1990 g/mol. The zero-order valence-corrected chi connectivity index (χ0v) is 87.9. The van der Waals surface area contributed by atoms with E-state index in [1.807, 2.05) is 47.6 Å². The van der Waals surface area contributed by atoms with Crippen LogP contribution in [0.4, 0.5) is 4.79 Å². The van der Waals surface area contributed by atoms with Crippen LogP contribution in [0.25, 0.3) is 0 Å². The molecule has 3 atom stereocenters. The average Bonchev–Trinajstić information content (AvgIpc) is 0.851. The predicted octanol–water partition coefficient (Wildman–Crippen LogP) is 23.9. The molecule has 0 aromatic carbocycles. The summed E-state index contributed by atoms with van der Waals surface area (Å²) in [5.74, 6) is 0.450. The Hall–Kier alpha value is -8.03. The number of allylic oxidation sites excluding steroid dienone is 36. The summed E-state index contributed by atoms with van der Waals surface area (Å²) < 4.78 is 4.28. The van der Waals surface area contributed by atoms with E-state index in [-0.39, 0.29) is 89.9 Å². The molecule has 0 fully saturated rings. The standard InChI is InChI=1S/C40H59N3O6S2.C36H52N2O3S2.C30H47NO3S2.C3H9NO2/c1-4-5-6-7-8-9-10-11-12-13-14-15-16-17-18-19-20-21-22-25-38(47)42-27-28-50-51-40(2,3)35(29-37(46)34-24-23-26-41-30-34)33-49-39(48)43-36(31-44)32-45;1-4-5-6-7-8-9-10-11-12-13-14-15-16-17-18-19-20-21-22-25-35(41)38-27-28-42-43-36(2,3)33(31-39)29-34(40)32-24-23-26-37-30-32;1-5-6-7-8-9-10-11-12-13-14-15-16-17-18-19-20-21-22-23-24-28(32)31-25-26-35-36-30(3,4)27(2)29(33)34;4-3(1-5)2-6/h5-6,8-9,11-12,14-15,17-18,20-21,23-24,26,30,35-36,44-45H,4,7,10,13,16,19,22,25,27-29,31-33H2,1-3H3,(H,42,47)(H,43,48);5-6,8-9,11-12,14-15,17-18,20-21,23-24,26,30,33,39H,4,7,10,13,16,19,22,25,27-29,31H2,1-3H3,(H,38,41);6-7,9-10,12-13,15-16,18-19,21-22,27H,5,8,11,14,17,20,23-26H2,1-4H3,(H,31,32)(H,33,34);3,5-6H,1-2,4H2/b2*6-5-,9-8-,12-11-,15-14-,18-17-,21-20-;7-6-,10-9-,13-12-,16-15-,19-18-,22-21-;/t35-;33-;27-;/m111./s1. The summed E-state index contributed by atoms with van der Waals surface area (Å²) >= 11 is 0. The molecule has 0 saturated heterocycles. The second-order valence-electron chi connectivity index (χ2n) is 32.7. The number of nitrogens with zero attached hydrogens (tertiary/aromatic N) is 2. The van der Waals surface area contributed by atoms with Gasteiger partial charge in [-0.1, -0.05) is 311 Å². The minimum atomic E-state index is -0.827. The third-order valence-corrected chi connectivity index (χ3v) is 30.0. The van der Waals surface area contributed by atoms with Gasteiger partial charge in [-0.05, 0) is 201 Å². The molecule has 0 aliphatic carbocycles. The summed E-state index contributed by atoms with van der Waals surface area (Å²) in [5, 5.41) is 64.9. The van der Waals surface area contributed by atoms with Crippen molar-refractivity contribution in [1.29, 1.82) is 0 Å². The Kier molecular flexibility index (Phi) is 89.2. The second-order valence-corrected chi connectivity index (χ2v) is 42.0. The molecule has 27 heteroatoms. The Balaban J connectivity index is 0. The lowest BCUT2D eigenvalue weighted by Crippen LogP contribution is -2.42. The third-order valence-electron chi connectivity index (χ3n) is 19.8. The smallest absolute Gasteiger partial charge is 0.407 e. The van der Waals surface area contributed by atoms with Crippen molar-refractivity contribution in [3.8, 4) is 0 Å². The van der Waals surface area contributed by atoms with Crippen LogP contribution in [-0.4, -0.2) is 185 Å². The van der Waals surface area contributed by atoms with Crippen LogP contribution in [0.1, 0.15) is 257 Å². The molecule has 0 aliphatic rings. The number of aliphatic hydroxyl groups is 5. The Labute approximate surface area is 841 Å². The van der Waals surface area contributed by atoms with Crippen LogP contribution in [0.3, 0.4) is 0 Å². The molecule has 0 spiro atoms. The van der Waals surface area contributed by atoms with E-state index in [1.54, 1.807) is 115 Å². The molecule has 136 heavy (non-hydrogen) atoms. The van der Waals surface area contributed by atoms with Gasteiger partial charge in [-0.2, -0.15) is 0 Å². The lowest BCUT2D eigenvalue weighted by Gasteiger charge is -2.32. The fourth-order valence-corrected chi connectivity index (χ4v) is 19.0. The first-order chi connectivity index (χ1) is 65.7. The first kappa shape index (κ1) is 130. The summed E-state index contributed by atoms with van der Waals surface area (Å²) in [6.45, 7) is 20.6. The normalized spacial score (nSPS) is 13.3. The number of carboxylic acids is 1. The van der Waals surface area contributed by atoms with E-state index < -0.39 is 48.0 Å². The fourth-order valence-electron chi connectivity index (χ4n) is 11.0. The third kappa shape index (κ3) is 81.9. The highest BCUT2D eigenvalue weighted by atomic mass is 33.1. The number of carbonyl (C=O) groups is 7. The first-order valence-corrected chi connectivity index (χ1v) is 54.9. The number of rotatable bonds is 75. The van der Waals surface area contributed by atoms with Crippen LogP contribution in [0.2, 0.25) is 0 Å². The molecule has 0 radical (unpaired) electrons. The van der Waals surface area contributed by atoms with E-state index in [9.17, 15) is 48.9 Å². The molecule has 0 aliphatic heterocycles. The summed E-state index contributed by atoms with van der Waals surface area (Å²) in [6, 6.07) is 5.62. The number of ketones is 2. The van der Waals surface area contributed by atoms with E-state index in [1.165, 1.54) is 6.20 Å². The van der Waals surface area contributed by atoms with E-state index in [4.69, 9.17) is 25.8 Å². The molecule has 0 saturated carbocycles. The Morgan fingerprint density at radius 2 is 0.647 bits per heavy atom. The number of pyridine rings is 2. The van der Waals surface area contributed by atoms with Crippen molar-refractivity contribution in [3.05, 3.63) is 279 Å². The number of nitrogens with one attached hydrogen (secondary N) is 4. The molecule has 0 unspecified atom stereocenters.